The van der Waals surface area contributed by atoms with Crippen LogP contribution in [-0.4, -0.2) is 52.2 Å². The van der Waals surface area contributed by atoms with Crippen LogP contribution in [0.15, 0.2) is 47.7 Å². The van der Waals surface area contributed by atoms with Crippen LogP contribution in [-0.2, 0) is 17.5 Å². The van der Waals surface area contributed by atoms with E-state index in [-0.39, 0.29) is 19.0 Å². The summed E-state index contributed by atoms with van der Waals surface area (Å²) in [5.74, 6) is -0.164. The molecule has 3 amide bonds. The standard InChI is InChI=1S/C21H22F3N5O2/c1-13-4-7-16(8-5-13)19-17(28(3)14(2)30)12-29(27-19)20(31)26-11-15-6-9-18(25-10-15)21(22,23)24/h4-10,17H,11-12H2,1-3H3,(H,26,31). The number of amides is 3. The van der Waals surface area contributed by atoms with Crippen LogP contribution in [0.3, 0.4) is 0 Å². The number of aromatic nitrogens is 1. The number of hydrogen-bond donors (Lipinski definition) is 1. The highest BCUT2D eigenvalue weighted by Gasteiger charge is 2.35. The number of hydrogen-bond acceptors (Lipinski definition) is 4. The third-order valence-corrected chi connectivity index (χ3v) is 4.99. The van der Waals surface area contributed by atoms with Crippen LogP contribution in [0.4, 0.5) is 18.0 Å². The van der Waals surface area contributed by atoms with Crippen molar-refractivity contribution in [1.82, 2.24) is 20.2 Å². The third kappa shape index (κ3) is 5.19. The van der Waals surface area contributed by atoms with Crippen molar-refractivity contribution in [1.29, 1.82) is 0 Å². The van der Waals surface area contributed by atoms with Crippen molar-refractivity contribution in [2.75, 3.05) is 13.6 Å². The van der Waals surface area contributed by atoms with E-state index in [1.165, 1.54) is 22.9 Å². The molecule has 164 valence electrons. The maximum atomic E-state index is 12.6. The lowest BCUT2D eigenvalue weighted by Gasteiger charge is -2.24. The largest absolute Gasteiger partial charge is 0.433 e. The SMILES string of the molecule is CC(=O)N(C)C1CN(C(=O)NCc2ccc(C(F)(F)F)nc2)N=C1c1ccc(C)cc1. The van der Waals surface area contributed by atoms with E-state index in [9.17, 15) is 22.8 Å². The van der Waals surface area contributed by atoms with Crippen molar-refractivity contribution >= 4 is 17.6 Å². The molecule has 0 fully saturated rings. The molecule has 1 atom stereocenters. The Kier molecular flexibility index (Phi) is 6.28. The smallest absolute Gasteiger partial charge is 0.335 e. The number of halogens is 3. The minimum Gasteiger partial charge on any atom is -0.335 e. The minimum absolute atomic E-state index is 0.0108. The highest BCUT2D eigenvalue weighted by Crippen LogP contribution is 2.27. The topological polar surface area (TPSA) is 77.9 Å². The number of rotatable bonds is 4. The van der Waals surface area contributed by atoms with Crippen molar-refractivity contribution in [3.63, 3.8) is 0 Å². The molecule has 1 aliphatic heterocycles. The normalized spacial score (nSPS) is 16.1. The van der Waals surface area contributed by atoms with Gasteiger partial charge in [0.1, 0.15) is 5.69 Å². The number of pyridine rings is 1. The van der Waals surface area contributed by atoms with Crippen LogP contribution in [0.5, 0.6) is 0 Å². The fourth-order valence-electron chi connectivity index (χ4n) is 3.08. The fraction of sp³-hybridized carbons (Fsp3) is 0.333. The predicted molar refractivity (Wildman–Crippen MR) is 108 cm³/mol. The number of nitrogens with zero attached hydrogens (tertiary/aromatic N) is 4. The Labute approximate surface area is 177 Å². The molecule has 3 rings (SSSR count). The number of hydrazone groups is 1. The lowest BCUT2D eigenvalue weighted by Crippen LogP contribution is -2.45. The van der Waals surface area contributed by atoms with E-state index in [0.717, 1.165) is 23.4 Å². The maximum absolute atomic E-state index is 12.6. The number of carbonyl (C=O) groups excluding carboxylic acids is 2. The van der Waals surface area contributed by atoms with Crippen molar-refractivity contribution in [3.05, 3.63) is 65.0 Å². The summed E-state index contributed by atoms with van der Waals surface area (Å²) in [5, 5.41) is 8.25. The van der Waals surface area contributed by atoms with Crippen LogP contribution in [0.2, 0.25) is 0 Å². The number of carbonyl (C=O) groups is 2. The van der Waals surface area contributed by atoms with Gasteiger partial charge in [-0.05, 0) is 24.1 Å². The highest BCUT2D eigenvalue weighted by molar-refractivity contribution is 6.07. The first-order valence-electron chi connectivity index (χ1n) is 9.52. The lowest BCUT2D eigenvalue weighted by atomic mass is 10.0. The fourth-order valence-corrected chi connectivity index (χ4v) is 3.08. The van der Waals surface area contributed by atoms with E-state index >= 15 is 0 Å². The molecule has 0 saturated carbocycles. The van der Waals surface area contributed by atoms with Gasteiger partial charge in [-0.15, -0.1) is 0 Å². The molecule has 2 heterocycles. The van der Waals surface area contributed by atoms with Gasteiger partial charge < -0.3 is 10.2 Å². The van der Waals surface area contributed by atoms with Gasteiger partial charge >= 0.3 is 12.2 Å². The molecule has 1 aromatic carbocycles. The van der Waals surface area contributed by atoms with Crippen LogP contribution >= 0.6 is 0 Å². The van der Waals surface area contributed by atoms with Crippen LogP contribution < -0.4 is 5.32 Å². The number of benzene rings is 1. The molecule has 31 heavy (non-hydrogen) atoms. The second kappa shape index (κ2) is 8.75. The third-order valence-electron chi connectivity index (χ3n) is 4.99. The Morgan fingerprint density at radius 1 is 1.19 bits per heavy atom. The second-order valence-corrected chi connectivity index (χ2v) is 7.29. The Morgan fingerprint density at radius 2 is 1.87 bits per heavy atom. The Bertz CT molecular complexity index is 988. The van der Waals surface area contributed by atoms with Crippen LogP contribution in [0, 0.1) is 6.92 Å². The zero-order valence-corrected chi connectivity index (χ0v) is 17.3. The number of nitrogens with one attached hydrogen (secondary N) is 1. The summed E-state index contributed by atoms with van der Waals surface area (Å²) < 4.78 is 37.8. The monoisotopic (exact) mass is 433 g/mol. The molecule has 1 N–H and O–H groups in total. The van der Waals surface area contributed by atoms with Gasteiger partial charge in [0, 0.05) is 26.7 Å². The van der Waals surface area contributed by atoms with Crippen LogP contribution in [0.1, 0.15) is 29.3 Å². The molecular formula is C21H22F3N5O2. The first-order chi connectivity index (χ1) is 14.6. The molecule has 7 nitrogen and oxygen atoms in total. The number of urea groups is 1. The average Bonchev–Trinajstić information content (AvgIpc) is 3.17. The first kappa shape index (κ1) is 22.3. The number of alkyl halides is 3. The van der Waals surface area contributed by atoms with E-state index in [1.807, 2.05) is 31.2 Å². The summed E-state index contributed by atoms with van der Waals surface area (Å²) in [6.07, 6.45) is -3.45. The van der Waals surface area contributed by atoms with Gasteiger partial charge in [0.15, 0.2) is 0 Å². The zero-order valence-electron chi connectivity index (χ0n) is 17.3. The summed E-state index contributed by atoms with van der Waals surface area (Å²) >= 11 is 0. The van der Waals surface area contributed by atoms with Gasteiger partial charge in [-0.1, -0.05) is 35.9 Å². The minimum atomic E-state index is -4.52. The number of aryl methyl sites for hydroxylation is 1. The summed E-state index contributed by atoms with van der Waals surface area (Å²) in [4.78, 5) is 29.4. The van der Waals surface area contributed by atoms with E-state index in [0.29, 0.717) is 11.3 Å². The Balaban J connectivity index is 1.73. The van der Waals surface area contributed by atoms with E-state index in [4.69, 9.17) is 0 Å². The highest BCUT2D eigenvalue weighted by atomic mass is 19.4. The summed E-state index contributed by atoms with van der Waals surface area (Å²) in [6, 6.07) is 8.78. The van der Waals surface area contributed by atoms with Crippen LogP contribution in [0.25, 0.3) is 0 Å². The Morgan fingerprint density at radius 3 is 2.42 bits per heavy atom. The van der Waals surface area contributed by atoms with Gasteiger partial charge in [-0.3, -0.25) is 9.78 Å². The lowest BCUT2D eigenvalue weighted by molar-refractivity contribution is -0.141. The summed E-state index contributed by atoms with van der Waals surface area (Å²) in [5.41, 5.74) is 1.87. The summed E-state index contributed by atoms with van der Waals surface area (Å²) in [7, 11) is 1.64. The molecular weight excluding hydrogens is 411 g/mol. The average molecular weight is 433 g/mol. The van der Waals surface area contributed by atoms with E-state index in [1.54, 1.807) is 7.05 Å². The van der Waals surface area contributed by atoms with Crippen molar-refractivity contribution in [2.24, 2.45) is 5.10 Å². The molecule has 0 radical (unpaired) electrons. The molecule has 1 aliphatic rings. The molecule has 0 spiro atoms. The van der Waals surface area contributed by atoms with Crippen molar-refractivity contribution in [2.45, 2.75) is 32.6 Å². The van der Waals surface area contributed by atoms with Gasteiger partial charge in [0.2, 0.25) is 5.91 Å². The van der Waals surface area contributed by atoms with E-state index < -0.39 is 23.9 Å². The molecule has 0 bridgehead atoms. The van der Waals surface area contributed by atoms with Crippen molar-refractivity contribution < 1.29 is 22.8 Å². The van der Waals surface area contributed by atoms with Crippen molar-refractivity contribution in [3.8, 4) is 0 Å². The Hall–Kier alpha value is -3.43. The molecule has 0 aliphatic carbocycles. The quantitative estimate of drug-likeness (QED) is 0.805. The molecule has 1 unspecified atom stereocenters. The first-order valence-corrected chi connectivity index (χ1v) is 9.52. The molecule has 1 aromatic heterocycles. The molecule has 0 saturated heterocycles. The van der Waals surface area contributed by atoms with Gasteiger partial charge in [0.25, 0.3) is 0 Å². The maximum Gasteiger partial charge on any atom is 0.433 e. The number of likely N-dealkylation sites (N-methyl/N-ethyl adjacent to an activating group) is 1. The van der Waals surface area contributed by atoms with Gasteiger partial charge in [0.05, 0.1) is 18.3 Å². The van der Waals surface area contributed by atoms with E-state index in [2.05, 4.69) is 15.4 Å². The molecule has 10 heteroatoms. The van der Waals surface area contributed by atoms with Gasteiger partial charge in [-0.2, -0.15) is 18.3 Å². The second-order valence-electron chi connectivity index (χ2n) is 7.29. The zero-order chi connectivity index (χ0) is 22.8. The van der Waals surface area contributed by atoms with Gasteiger partial charge in [-0.25, -0.2) is 9.80 Å². The summed E-state index contributed by atoms with van der Waals surface area (Å²) in [6.45, 7) is 3.54. The predicted octanol–water partition coefficient (Wildman–Crippen LogP) is 3.19. The molecule has 2 aromatic rings.